The van der Waals surface area contributed by atoms with E-state index in [0.29, 0.717) is 12.4 Å². The van der Waals surface area contributed by atoms with Gasteiger partial charge >= 0.3 is 0 Å². The summed E-state index contributed by atoms with van der Waals surface area (Å²) in [7, 11) is 0. The van der Waals surface area contributed by atoms with Crippen molar-refractivity contribution in [1.82, 2.24) is 4.90 Å². The predicted molar refractivity (Wildman–Crippen MR) is 82.4 cm³/mol. The summed E-state index contributed by atoms with van der Waals surface area (Å²) in [4.78, 5) is 2.24. The van der Waals surface area contributed by atoms with Gasteiger partial charge in [-0.3, -0.25) is 4.90 Å². The third kappa shape index (κ3) is 4.32. The summed E-state index contributed by atoms with van der Waals surface area (Å²) in [5.74, 6) is 0.386. The molecule has 0 radical (unpaired) electrons. The van der Waals surface area contributed by atoms with Crippen LogP contribution in [0.4, 0.5) is 4.39 Å². The van der Waals surface area contributed by atoms with E-state index in [1.165, 1.54) is 11.6 Å². The van der Waals surface area contributed by atoms with Crippen molar-refractivity contribution in [2.45, 2.75) is 20.0 Å². The molecule has 0 spiro atoms. The van der Waals surface area contributed by atoms with Gasteiger partial charge in [0.05, 0.1) is 0 Å². The Morgan fingerprint density at radius 1 is 1.05 bits per heavy atom. The Balaban J connectivity index is 2.11. The molecule has 2 aromatic rings. The predicted octanol–water partition coefficient (Wildman–Crippen LogP) is 4.38. The molecule has 0 fully saturated rings. The molecule has 0 aliphatic carbocycles. The van der Waals surface area contributed by atoms with Crippen molar-refractivity contribution < 1.29 is 4.39 Å². The summed E-state index contributed by atoms with van der Waals surface area (Å²) < 4.78 is 13.4. The molecule has 3 heteroatoms. The molecule has 0 aromatic heterocycles. The van der Waals surface area contributed by atoms with E-state index in [1.54, 1.807) is 6.07 Å². The van der Waals surface area contributed by atoms with Crippen LogP contribution in [-0.4, -0.2) is 17.3 Å². The van der Waals surface area contributed by atoms with Crippen molar-refractivity contribution in [3.63, 3.8) is 0 Å². The first-order chi connectivity index (χ1) is 9.69. The van der Waals surface area contributed by atoms with E-state index in [-0.39, 0.29) is 5.82 Å². The molecule has 0 N–H and O–H groups in total. The highest BCUT2D eigenvalue weighted by atomic mass is 35.5. The van der Waals surface area contributed by atoms with Crippen molar-refractivity contribution in [3.05, 3.63) is 71.0 Å². The summed E-state index contributed by atoms with van der Waals surface area (Å²) in [6, 6.07) is 15.2. The van der Waals surface area contributed by atoms with Crippen molar-refractivity contribution in [2.24, 2.45) is 0 Å². The van der Waals surface area contributed by atoms with Crippen molar-refractivity contribution in [3.8, 4) is 0 Å². The van der Waals surface area contributed by atoms with E-state index in [9.17, 15) is 4.39 Å². The van der Waals surface area contributed by atoms with Crippen LogP contribution in [0.3, 0.4) is 0 Å². The van der Waals surface area contributed by atoms with Gasteiger partial charge in [0.1, 0.15) is 5.82 Å². The van der Waals surface area contributed by atoms with Crippen LogP contribution in [0.15, 0.2) is 48.5 Å². The molecule has 0 saturated carbocycles. The van der Waals surface area contributed by atoms with Gasteiger partial charge in [-0.05, 0) is 35.7 Å². The van der Waals surface area contributed by atoms with Gasteiger partial charge in [-0.25, -0.2) is 4.39 Å². The molecule has 20 heavy (non-hydrogen) atoms. The summed E-state index contributed by atoms with van der Waals surface area (Å²) >= 11 is 5.88. The van der Waals surface area contributed by atoms with Crippen LogP contribution in [0.5, 0.6) is 0 Å². The molecule has 0 aliphatic heterocycles. The number of aryl methyl sites for hydroxylation is 1. The second kappa shape index (κ2) is 7.41. The maximum Gasteiger partial charge on any atom is 0.123 e. The minimum Gasteiger partial charge on any atom is -0.294 e. The molecule has 0 unspecified atom stereocenters. The average molecular weight is 292 g/mol. The van der Waals surface area contributed by atoms with E-state index in [2.05, 4.69) is 17.0 Å². The van der Waals surface area contributed by atoms with E-state index in [1.807, 2.05) is 31.2 Å². The lowest BCUT2D eigenvalue weighted by Gasteiger charge is -2.22. The van der Waals surface area contributed by atoms with Crippen LogP contribution in [0.1, 0.15) is 16.7 Å². The third-order valence-corrected chi connectivity index (χ3v) is 3.52. The highest BCUT2D eigenvalue weighted by Gasteiger charge is 2.09. The van der Waals surface area contributed by atoms with Gasteiger partial charge in [0.2, 0.25) is 0 Å². The lowest BCUT2D eigenvalue weighted by Crippen LogP contribution is -2.25. The maximum atomic E-state index is 13.4. The van der Waals surface area contributed by atoms with Gasteiger partial charge in [0.15, 0.2) is 0 Å². The van der Waals surface area contributed by atoms with Gasteiger partial charge in [0, 0.05) is 25.5 Å². The van der Waals surface area contributed by atoms with Crippen molar-refractivity contribution in [1.29, 1.82) is 0 Å². The van der Waals surface area contributed by atoms with Crippen LogP contribution in [0, 0.1) is 12.7 Å². The Kier molecular flexibility index (Phi) is 5.57. The van der Waals surface area contributed by atoms with Gasteiger partial charge in [-0.15, -0.1) is 11.6 Å². The second-order valence-electron chi connectivity index (χ2n) is 4.96. The molecule has 2 rings (SSSR count). The maximum absolute atomic E-state index is 13.4. The fourth-order valence-corrected chi connectivity index (χ4v) is 2.47. The zero-order valence-corrected chi connectivity index (χ0v) is 12.4. The zero-order valence-electron chi connectivity index (χ0n) is 11.7. The van der Waals surface area contributed by atoms with Gasteiger partial charge in [-0.2, -0.15) is 0 Å². The number of rotatable bonds is 6. The van der Waals surface area contributed by atoms with E-state index in [0.717, 1.165) is 24.2 Å². The van der Waals surface area contributed by atoms with Crippen LogP contribution < -0.4 is 0 Å². The first-order valence-corrected chi connectivity index (χ1v) is 7.30. The Labute approximate surface area is 125 Å². The molecular weight excluding hydrogens is 273 g/mol. The highest BCUT2D eigenvalue weighted by molar-refractivity contribution is 6.18. The molecule has 0 atom stereocenters. The molecular formula is C17H19ClFN. The van der Waals surface area contributed by atoms with Gasteiger partial charge < -0.3 is 0 Å². The number of alkyl halides is 1. The summed E-state index contributed by atoms with van der Waals surface area (Å²) in [5, 5.41) is 0. The Morgan fingerprint density at radius 3 is 2.50 bits per heavy atom. The number of benzene rings is 2. The summed E-state index contributed by atoms with van der Waals surface area (Å²) in [5.41, 5.74) is 3.37. The number of nitrogens with zero attached hydrogens (tertiary/aromatic N) is 1. The van der Waals surface area contributed by atoms with Crippen molar-refractivity contribution in [2.75, 3.05) is 12.4 Å². The van der Waals surface area contributed by atoms with Crippen LogP contribution in [0.2, 0.25) is 0 Å². The van der Waals surface area contributed by atoms with Crippen LogP contribution in [-0.2, 0) is 13.1 Å². The first kappa shape index (κ1) is 15.0. The molecule has 2 aromatic carbocycles. The zero-order chi connectivity index (χ0) is 14.4. The van der Waals surface area contributed by atoms with Crippen LogP contribution in [0.25, 0.3) is 0 Å². The van der Waals surface area contributed by atoms with E-state index < -0.39 is 0 Å². The normalized spacial score (nSPS) is 11.0. The SMILES string of the molecule is Cc1ccc(F)cc1CN(CCCl)Cc1ccccc1. The first-order valence-electron chi connectivity index (χ1n) is 6.76. The number of halogens is 2. The molecule has 106 valence electrons. The quantitative estimate of drug-likeness (QED) is 0.714. The monoisotopic (exact) mass is 291 g/mol. The third-order valence-electron chi connectivity index (χ3n) is 3.35. The standard InChI is InChI=1S/C17H19ClFN/c1-14-7-8-17(19)11-16(14)13-20(10-9-18)12-15-5-3-2-4-6-15/h2-8,11H,9-10,12-13H2,1H3. The topological polar surface area (TPSA) is 3.24 Å². The van der Waals surface area contributed by atoms with Gasteiger partial charge in [-0.1, -0.05) is 36.4 Å². The molecule has 0 saturated heterocycles. The Hall–Kier alpha value is -1.38. The fourth-order valence-electron chi connectivity index (χ4n) is 2.23. The smallest absolute Gasteiger partial charge is 0.123 e. The highest BCUT2D eigenvalue weighted by Crippen LogP contribution is 2.15. The van der Waals surface area contributed by atoms with Gasteiger partial charge in [0.25, 0.3) is 0 Å². The largest absolute Gasteiger partial charge is 0.294 e. The minimum absolute atomic E-state index is 0.184. The summed E-state index contributed by atoms with van der Waals surface area (Å²) in [6.45, 7) is 4.33. The molecule has 0 heterocycles. The van der Waals surface area contributed by atoms with E-state index >= 15 is 0 Å². The minimum atomic E-state index is -0.184. The Bertz CT molecular complexity index is 542. The second-order valence-corrected chi connectivity index (χ2v) is 5.33. The molecule has 0 amide bonds. The molecule has 1 nitrogen and oxygen atoms in total. The summed E-state index contributed by atoms with van der Waals surface area (Å²) in [6.07, 6.45) is 0. The lowest BCUT2D eigenvalue weighted by atomic mass is 10.1. The fraction of sp³-hybridized carbons (Fsp3) is 0.294. The van der Waals surface area contributed by atoms with E-state index in [4.69, 9.17) is 11.6 Å². The van der Waals surface area contributed by atoms with Crippen molar-refractivity contribution >= 4 is 11.6 Å². The molecule has 0 aliphatic rings. The van der Waals surface area contributed by atoms with Crippen LogP contribution >= 0.6 is 11.6 Å². The lowest BCUT2D eigenvalue weighted by molar-refractivity contribution is 0.272. The average Bonchev–Trinajstić information content (AvgIpc) is 2.44. The number of hydrogen-bond donors (Lipinski definition) is 0. The number of hydrogen-bond acceptors (Lipinski definition) is 1. The molecule has 0 bridgehead atoms. The Morgan fingerprint density at radius 2 is 1.80 bits per heavy atom.